The van der Waals surface area contributed by atoms with Crippen LogP contribution in [0, 0.1) is 12.3 Å². The zero-order chi connectivity index (χ0) is 20.6. The lowest BCUT2D eigenvalue weighted by atomic mass is 9.77. The van der Waals surface area contributed by atoms with Gasteiger partial charge in [-0.3, -0.25) is 9.48 Å². The van der Waals surface area contributed by atoms with Crippen molar-refractivity contribution in [3.8, 4) is 0 Å². The molecule has 1 N–H and O–H groups in total. The average Bonchev–Trinajstić information content (AvgIpc) is 3.30. The molecule has 1 aliphatic rings. The molecule has 2 aromatic heterocycles. The first-order chi connectivity index (χ1) is 13.9. The summed E-state index contributed by atoms with van der Waals surface area (Å²) in [6.45, 7) is 6.37. The summed E-state index contributed by atoms with van der Waals surface area (Å²) in [5.74, 6) is 0.0892. The van der Waals surface area contributed by atoms with Crippen molar-refractivity contribution in [1.29, 1.82) is 0 Å². The highest BCUT2D eigenvalue weighted by Gasteiger charge is 2.34. The average molecular weight is 432 g/mol. The van der Waals surface area contributed by atoms with Gasteiger partial charge in [-0.05, 0) is 55.4 Å². The van der Waals surface area contributed by atoms with E-state index in [0.717, 1.165) is 50.6 Å². The van der Waals surface area contributed by atoms with Gasteiger partial charge in [0.2, 0.25) is 0 Å². The lowest BCUT2D eigenvalue weighted by molar-refractivity contribution is 0.0341. The maximum atomic E-state index is 13.1. The Morgan fingerprint density at radius 3 is 2.59 bits per heavy atom. The molecule has 0 radical (unpaired) electrons. The number of halogens is 1. The van der Waals surface area contributed by atoms with E-state index in [4.69, 9.17) is 11.6 Å². The molecule has 1 saturated heterocycles. The number of piperidine rings is 1. The van der Waals surface area contributed by atoms with Crippen LogP contribution < -0.4 is 0 Å². The smallest absolute Gasteiger partial charge is 0.264 e. The maximum absolute atomic E-state index is 13.1. The fraction of sp³-hybridized carbons (Fsp3) is 0.455. The van der Waals surface area contributed by atoms with Gasteiger partial charge < -0.3 is 10.0 Å². The second kappa shape index (κ2) is 8.09. The maximum Gasteiger partial charge on any atom is 0.264 e. The van der Waals surface area contributed by atoms with Gasteiger partial charge in [-0.2, -0.15) is 5.10 Å². The number of amides is 1. The predicted molar refractivity (Wildman–Crippen MR) is 118 cm³/mol. The molecular weight excluding hydrogens is 406 g/mol. The monoisotopic (exact) mass is 431 g/mol. The lowest BCUT2D eigenvalue weighted by Gasteiger charge is -2.40. The minimum absolute atomic E-state index is 0.0212. The Morgan fingerprint density at radius 2 is 1.97 bits per heavy atom. The van der Waals surface area contributed by atoms with Gasteiger partial charge in [0.1, 0.15) is 4.83 Å². The highest BCUT2D eigenvalue weighted by molar-refractivity contribution is 7.20. The molecular formula is C22H26ClN3O2S. The highest BCUT2D eigenvalue weighted by Crippen LogP contribution is 2.36. The summed E-state index contributed by atoms with van der Waals surface area (Å²) in [4.78, 5) is 16.8. The SMILES string of the molecule is CCC1(CO)CCN(C(=O)c2cc3c(C)nn(Cc4ccc(Cl)cc4)c3s2)CC1. The molecule has 0 bridgehead atoms. The molecule has 0 spiro atoms. The molecule has 5 nitrogen and oxygen atoms in total. The number of aromatic nitrogens is 2. The van der Waals surface area contributed by atoms with Gasteiger partial charge in [0.05, 0.1) is 17.1 Å². The van der Waals surface area contributed by atoms with Crippen molar-refractivity contribution in [2.75, 3.05) is 19.7 Å². The number of likely N-dealkylation sites (tertiary alicyclic amines) is 1. The van der Waals surface area contributed by atoms with Crippen LogP contribution >= 0.6 is 22.9 Å². The number of aryl methyl sites for hydroxylation is 1. The van der Waals surface area contributed by atoms with Crippen molar-refractivity contribution in [1.82, 2.24) is 14.7 Å². The quantitative estimate of drug-likeness (QED) is 0.635. The minimum Gasteiger partial charge on any atom is -0.396 e. The third-order valence-corrected chi connectivity index (χ3v) is 7.65. The van der Waals surface area contributed by atoms with Crippen molar-refractivity contribution in [3.63, 3.8) is 0 Å². The first-order valence-electron chi connectivity index (χ1n) is 10.1. The number of fused-ring (bicyclic) bond motifs is 1. The van der Waals surface area contributed by atoms with Crippen LogP contribution in [0.3, 0.4) is 0 Å². The van der Waals surface area contributed by atoms with Crippen LogP contribution in [0.15, 0.2) is 30.3 Å². The normalized spacial score (nSPS) is 16.5. The second-order valence-corrected chi connectivity index (χ2v) is 9.47. The van der Waals surface area contributed by atoms with E-state index in [1.807, 2.05) is 46.8 Å². The number of aliphatic hydroxyl groups excluding tert-OH is 1. The molecule has 3 aromatic rings. The number of carbonyl (C=O) groups is 1. The Labute approximate surface area is 179 Å². The minimum atomic E-state index is -0.0212. The van der Waals surface area contributed by atoms with Crippen LogP contribution in [0.2, 0.25) is 5.02 Å². The molecule has 1 fully saturated rings. The summed E-state index contributed by atoms with van der Waals surface area (Å²) in [6, 6.07) is 9.75. The summed E-state index contributed by atoms with van der Waals surface area (Å²) in [5.41, 5.74) is 2.04. The summed E-state index contributed by atoms with van der Waals surface area (Å²) in [5, 5.41) is 16.2. The van der Waals surface area contributed by atoms with Gasteiger partial charge in [0, 0.05) is 30.1 Å². The molecule has 0 saturated carbocycles. The molecule has 4 rings (SSSR count). The Balaban J connectivity index is 1.55. The lowest BCUT2D eigenvalue weighted by Crippen LogP contribution is -2.44. The number of aliphatic hydroxyl groups is 1. The topological polar surface area (TPSA) is 58.4 Å². The van der Waals surface area contributed by atoms with E-state index in [9.17, 15) is 9.90 Å². The highest BCUT2D eigenvalue weighted by atomic mass is 35.5. The molecule has 29 heavy (non-hydrogen) atoms. The largest absolute Gasteiger partial charge is 0.396 e. The fourth-order valence-electron chi connectivity index (χ4n) is 4.05. The van der Waals surface area contributed by atoms with Crippen LogP contribution in [0.25, 0.3) is 10.2 Å². The van der Waals surface area contributed by atoms with Gasteiger partial charge in [-0.15, -0.1) is 11.3 Å². The molecule has 1 aliphatic heterocycles. The van der Waals surface area contributed by atoms with E-state index in [0.29, 0.717) is 19.6 Å². The molecule has 0 atom stereocenters. The van der Waals surface area contributed by atoms with Crippen LogP contribution in [0.1, 0.15) is 47.1 Å². The molecule has 1 amide bonds. The van der Waals surface area contributed by atoms with E-state index in [2.05, 4.69) is 12.0 Å². The Hall–Kier alpha value is -1.89. The third kappa shape index (κ3) is 3.93. The van der Waals surface area contributed by atoms with Gasteiger partial charge in [0.15, 0.2) is 0 Å². The Bertz CT molecular complexity index is 1010. The number of benzene rings is 1. The summed E-state index contributed by atoms with van der Waals surface area (Å²) in [7, 11) is 0. The number of carbonyl (C=O) groups excluding carboxylic acids is 1. The zero-order valence-corrected chi connectivity index (χ0v) is 18.4. The van der Waals surface area contributed by atoms with Crippen molar-refractivity contribution in [2.24, 2.45) is 5.41 Å². The molecule has 154 valence electrons. The summed E-state index contributed by atoms with van der Waals surface area (Å²) < 4.78 is 1.97. The Morgan fingerprint density at radius 1 is 1.28 bits per heavy atom. The van der Waals surface area contributed by atoms with E-state index in [-0.39, 0.29) is 17.9 Å². The number of hydrogen-bond donors (Lipinski definition) is 1. The third-order valence-electron chi connectivity index (χ3n) is 6.26. The molecule has 0 aliphatic carbocycles. The molecule has 3 heterocycles. The van der Waals surface area contributed by atoms with Gasteiger partial charge in [0.25, 0.3) is 5.91 Å². The van der Waals surface area contributed by atoms with Gasteiger partial charge >= 0.3 is 0 Å². The Kier molecular flexibility index (Phi) is 5.69. The predicted octanol–water partition coefficient (Wildman–Crippen LogP) is 4.73. The van der Waals surface area contributed by atoms with Crippen molar-refractivity contribution in [3.05, 3.63) is 51.5 Å². The number of nitrogens with zero attached hydrogens (tertiary/aromatic N) is 3. The molecule has 0 unspecified atom stereocenters. The number of rotatable bonds is 5. The standard InChI is InChI=1S/C22H26ClN3O2S/c1-3-22(14-27)8-10-25(11-9-22)20(28)19-12-18-15(2)24-26(21(18)29-19)13-16-4-6-17(23)7-5-16/h4-7,12,27H,3,8-11,13-14H2,1-2H3. The second-order valence-electron chi connectivity index (χ2n) is 8.00. The molecule has 7 heteroatoms. The first-order valence-corrected chi connectivity index (χ1v) is 11.3. The van der Waals surface area contributed by atoms with E-state index < -0.39 is 0 Å². The zero-order valence-electron chi connectivity index (χ0n) is 16.8. The van der Waals surface area contributed by atoms with Crippen molar-refractivity contribution >= 4 is 39.1 Å². The van der Waals surface area contributed by atoms with E-state index >= 15 is 0 Å². The first kappa shape index (κ1) is 20.4. The van der Waals surface area contributed by atoms with E-state index in [1.165, 1.54) is 11.3 Å². The molecule has 1 aromatic carbocycles. The van der Waals surface area contributed by atoms with Crippen molar-refractivity contribution < 1.29 is 9.90 Å². The fourth-order valence-corrected chi connectivity index (χ4v) is 5.31. The number of hydrogen-bond acceptors (Lipinski definition) is 4. The van der Waals surface area contributed by atoms with Gasteiger partial charge in [-0.1, -0.05) is 30.7 Å². The van der Waals surface area contributed by atoms with Crippen LogP contribution in [0.4, 0.5) is 0 Å². The summed E-state index contributed by atoms with van der Waals surface area (Å²) in [6.07, 6.45) is 2.67. The van der Waals surface area contributed by atoms with Crippen molar-refractivity contribution in [2.45, 2.75) is 39.7 Å². The van der Waals surface area contributed by atoms with Crippen LogP contribution in [-0.4, -0.2) is 45.4 Å². The number of thiophene rings is 1. The van der Waals surface area contributed by atoms with E-state index in [1.54, 1.807) is 0 Å². The summed E-state index contributed by atoms with van der Waals surface area (Å²) >= 11 is 7.50. The van der Waals surface area contributed by atoms with Crippen LogP contribution in [-0.2, 0) is 6.54 Å². The van der Waals surface area contributed by atoms with Crippen LogP contribution in [0.5, 0.6) is 0 Å². The van der Waals surface area contributed by atoms with Gasteiger partial charge in [-0.25, -0.2) is 0 Å².